The first-order chi connectivity index (χ1) is 18.2. The molecule has 2 N–H and O–H groups in total. The van der Waals surface area contributed by atoms with Crippen LogP contribution >= 0.6 is 0 Å². The predicted octanol–water partition coefficient (Wildman–Crippen LogP) is 4.04. The normalized spacial score (nSPS) is 11.0. The van der Waals surface area contributed by atoms with Crippen LogP contribution in [0.25, 0.3) is 22.6 Å². The summed E-state index contributed by atoms with van der Waals surface area (Å²) in [7, 11) is 9.37. The molecular formula is C27H31FN8O2. The lowest BCUT2D eigenvalue weighted by Gasteiger charge is -2.26. The highest BCUT2D eigenvalue weighted by Gasteiger charge is 2.17. The maximum atomic E-state index is 13.7. The quantitative estimate of drug-likeness (QED) is 0.304. The topological polar surface area (TPSA) is 100 Å². The molecule has 4 aromatic rings. The predicted molar refractivity (Wildman–Crippen MR) is 149 cm³/mol. The van der Waals surface area contributed by atoms with Gasteiger partial charge < -0.3 is 29.7 Å². The van der Waals surface area contributed by atoms with Crippen LogP contribution in [0.1, 0.15) is 0 Å². The lowest BCUT2D eigenvalue weighted by molar-refractivity contribution is -0.111. The number of amides is 1. The molecule has 0 atom stereocenters. The molecule has 2 aromatic heterocycles. The zero-order chi connectivity index (χ0) is 27.4. The van der Waals surface area contributed by atoms with E-state index in [2.05, 4.69) is 37.1 Å². The van der Waals surface area contributed by atoms with Gasteiger partial charge in [0.1, 0.15) is 17.3 Å². The molecule has 0 unspecified atom stereocenters. The van der Waals surface area contributed by atoms with E-state index in [1.165, 1.54) is 18.2 Å². The molecule has 198 valence electrons. The van der Waals surface area contributed by atoms with Gasteiger partial charge >= 0.3 is 0 Å². The van der Waals surface area contributed by atoms with Crippen molar-refractivity contribution in [2.45, 2.75) is 0 Å². The van der Waals surface area contributed by atoms with E-state index in [-0.39, 0.29) is 11.7 Å². The maximum Gasteiger partial charge on any atom is 0.247 e. The Morgan fingerprint density at radius 1 is 1.13 bits per heavy atom. The summed E-state index contributed by atoms with van der Waals surface area (Å²) in [6, 6.07) is 9.83. The number of benzene rings is 2. The van der Waals surface area contributed by atoms with Gasteiger partial charge in [0.2, 0.25) is 11.9 Å². The summed E-state index contributed by atoms with van der Waals surface area (Å²) < 4.78 is 21.2. The molecule has 0 aliphatic heterocycles. The minimum atomic E-state index is -0.352. The second-order valence-electron chi connectivity index (χ2n) is 9.01. The summed E-state index contributed by atoms with van der Waals surface area (Å²) in [5.74, 6) is 0.725. The summed E-state index contributed by atoms with van der Waals surface area (Å²) in [5.41, 5.74) is 3.79. The van der Waals surface area contributed by atoms with E-state index >= 15 is 0 Å². The molecule has 0 aliphatic carbocycles. The number of nitrogens with one attached hydrogen (secondary N) is 2. The molecule has 0 radical (unpaired) electrons. The third-order valence-corrected chi connectivity index (χ3v) is 6.03. The Morgan fingerprint density at radius 2 is 1.92 bits per heavy atom. The van der Waals surface area contributed by atoms with E-state index in [9.17, 15) is 9.18 Å². The molecule has 0 spiro atoms. The number of fused-ring (bicyclic) bond motifs is 1. The number of hydrogen-bond acceptors (Lipinski definition) is 8. The number of aromatic nitrogens is 4. The second kappa shape index (κ2) is 11.3. The van der Waals surface area contributed by atoms with Crippen LogP contribution in [0.5, 0.6) is 5.75 Å². The van der Waals surface area contributed by atoms with Gasteiger partial charge in [0.05, 0.1) is 35.2 Å². The number of anilines is 4. The molecule has 0 saturated carbocycles. The third-order valence-electron chi connectivity index (χ3n) is 6.03. The maximum absolute atomic E-state index is 13.7. The number of ether oxygens (including phenoxy) is 1. The zero-order valence-corrected chi connectivity index (χ0v) is 22.1. The van der Waals surface area contributed by atoms with Gasteiger partial charge in [-0.15, -0.1) is 0 Å². The second-order valence-corrected chi connectivity index (χ2v) is 9.01. The fourth-order valence-corrected chi connectivity index (χ4v) is 3.97. The Bertz CT molecular complexity index is 1480. The summed E-state index contributed by atoms with van der Waals surface area (Å²) in [5, 5.41) is 6.07. The third kappa shape index (κ3) is 5.73. The first kappa shape index (κ1) is 26.6. The number of rotatable bonds is 10. The number of methoxy groups -OCH3 is 1. The molecule has 2 heterocycles. The van der Waals surface area contributed by atoms with Crippen molar-refractivity contribution in [2.75, 3.05) is 56.9 Å². The van der Waals surface area contributed by atoms with E-state index < -0.39 is 0 Å². The van der Waals surface area contributed by atoms with E-state index in [4.69, 9.17) is 4.74 Å². The monoisotopic (exact) mass is 518 g/mol. The van der Waals surface area contributed by atoms with Gasteiger partial charge in [-0.2, -0.15) is 0 Å². The van der Waals surface area contributed by atoms with E-state index in [1.807, 2.05) is 43.7 Å². The van der Waals surface area contributed by atoms with Gasteiger partial charge in [0, 0.05) is 45.5 Å². The van der Waals surface area contributed by atoms with E-state index in [0.29, 0.717) is 40.1 Å². The van der Waals surface area contributed by atoms with E-state index in [0.717, 1.165) is 24.3 Å². The van der Waals surface area contributed by atoms with Gasteiger partial charge in [0.25, 0.3) is 0 Å². The number of nitrogens with zero attached hydrogens (tertiary/aromatic N) is 6. The number of carbonyl (C=O) groups is 1. The smallest absolute Gasteiger partial charge is 0.247 e. The van der Waals surface area contributed by atoms with Crippen molar-refractivity contribution >= 4 is 40.0 Å². The zero-order valence-electron chi connectivity index (χ0n) is 22.1. The lowest BCUT2D eigenvalue weighted by atomic mass is 10.2. The van der Waals surface area contributed by atoms with Crippen LogP contribution in [-0.4, -0.2) is 71.7 Å². The largest absolute Gasteiger partial charge is 0.494 e. The Balaban J connectivity index is 1.70. The van der Waals surface area contributed by atoms with E-state index in [1.54, 1.807) is 31.5 Å². The highest BCUT2D eigenvalue weighted by atomic mass is 19.1. The Morgan fingerprint density at radius 3 is 2.63 bits per heavy atom. The first-order valence-corrected chi connectivity index (χ1v) is 11.9. The minimum Gasteiger partial charge on any atom is -0.494 e. The number of carbonyl (C=O) groups excluding carboxylic acids is 1. The lowest BCUT2D eigenvalue weighted by Crippen LogP contribution is -2.29. The van der Waals surface area contributed by atoms with Crippen LogP contribution in [0.4, 0.5) is 27.4 Å². The molecule has 2 aromatic carbocycles. The Labute approximate surface area is 220 Å². The van der Waals surface area contributed by atoms with Crippen molar-refractivity contribution in [1.82, 2.24) is 24.4 Å². The molecular weight excluding hydrogens is 487 g/mol. The summed E-state index contributed by atoms with van der Waals surface area (Å²) >= 11 is 0. The van der Waals surface area contributed by atoms with Crippen molar-refractivity contribution in [3.63, 3.8) is 0 Å². The van der Waals surface area contributed by atoms with Crippen LogP contribution < -0.4 is 20.3 Å². The molecule has 11 heteroatoms. The highest BCUT2D eigenvalue weighted by Crippen LogP contribution is 2.38. The van der Waals surface area contributed by atoms with Gasteiger partial charge in [-0.25, -0.2) is 19.3 Å². The molecule has 1 amide bonds. The van der Waals surface area contributed by atoms with Gasteiger partial charge in [-0.1, -0.05) is 6.58 Å². The van der Waals surface area contributed by atoms with Crippen LogP contribution in [0.15, 0.2) is 55.3 Å². The average Bonchev–Trinajstić information content (AvgIpc) is 3.22. The minimum absolute atomic E-state index is 0.300. The molecule has 0 saturated heterocycles. The molecule has 0 fully saturated rings. The number of aryl methyl sites for hydroxylation is 1. The average molecular weight is 519 g/mol. The van der Waals surface area contributed by atoms with Crippen molar-refractivity contribution < 1.29 is 13.9 Å². The van der Waals surface area contributed by atoms with Gasteiger partial charge in [0.15, 0.2) is 5.82 Å². The van der Waals surface area contributed by atoms with Crippen molar-refractivity contribution in [3.05, 3.63) is 61.1 Å². The summed E-state index contributed by atoms with van der Waals surface area (Å²) in [6.45, 7) is 5.11. The molecule has 0 aliphatic rings. The van der Waals surface area contributed by atoms with Crippen LogP contribution in [0, 0.1) is 5.82 Å². The standard InChI is InChI=1S/C27H31FN8O2/c1-7-25(37)30-20-15-21(24(38-6)16-23(20)35(4)13-12-34(2)3)33-27-29-11-10-18(32-27)26-31-19-14-17(28)8-9-22(19)36(26)5/h7-11,14-16H,1,12-13H2,2-6H3,(H,30,37)(H,29,32,33). The number of halogens is 1. The number of hydrogen-bond donors (Lipinski definition) is 2. The van der Waals surface area contributed by atoms with Crippen molar-refractivity contribution in [3.8, 4) is 17.3 Å². The van der Waals surface area contributed by atoms with Crippen LogP contribution in [0.3, 0.4) is 0 Å². The molecule has 38 heavy (non-hydrogen) atoms. The fourth-order valence-electron chi connectivity index (χ4n) is 3.97. The first-order valence-electron chi connectivity index (χ1n) is 11.9. The van der Waals surface area contributed by atoms with Crippen molar-refractivity contribution in [2.24, 2.45) is 7.05 Å². The SMILES string of the molecule is C=CC(=O)Nc1cc(Nc2nccc(-c3nc4cc(F)ccc4n3C)n2)c(OC)cc1N(C)CCN(C)C. The van der Waals surface area contributed by atoms with Crippen LogP contribution in [0.2, 0.25) is 0 Å². The summed E-state index contributed by atoms with van der Waals surface area (Å²) in [6.07, 6.45) is 2.83. The fraction of sp³-hybridized carbons (Fsp3) is 0.259. The molecule has 10 nitrogen and oxygen atoms in total. The van der Waals surface area contributed by atoms with Crippen molar-refractivity contribution in [1.29, 1.82) is 0 Å². The highest BCUT2D eigenvalue weighted by molar-refractivity contribution is 6.02. The van der Waals surface area contributed by atoms with Gasteiger partial charge in [-0.05, 0) is 44.4 Å². The number of imidazole rings is 1. The Hall–Kier alpha value is -4.51. The summed E-state index contributed by atoms with van der Waals surface area (Å²) in [4.78, 5) is 29.9. The molecule has 4 rings (SSSR count). The van der Waals surface area contributed by atoms with Gasteiger partial charge in [-0.3, -0.25) is 4.79 Å². The molecule has 0 bridgehead atoms. The Kier molecular flexibility index (Phi) is 7.87. The number of likely N-dealkylation sites (N-methyl/N-ethyl adjacent to an activating group) is 2. The van der Waals surface area contributed by atoms with Crippen LogP contribution in [-0.2, 0) is 11.8 Å².